The first-order valence-electron chi connectivity index (χ1n) is 8.94. The van der Waals surface area contributed by atoms with Gasteiger partial charge in [0, 0.05) is 18.7 Å². The molecule has 5 nitrogen and oxygen atoms in total. The van der Waals surface area contributed by atoms with Crippen LogP contribution in [0, 0.1) is 21.8 Å². The molecule has 2 aromatic rings. The van der Waals surface area contributed by atoms with Crippen molar-refractivity contribution in [1.29, 1.82) is 0 Å². The maximum atomic E-state index is 12.9. The minimum atomic E-state index is -0.365. The average molecular weight is 358 g/mol. The van der Waals surface area contributed by atoms with E-state index in [0.717, 1.165) is 44.5 Å². The van der Waals surface area contributed by atoms with E-state index in [-0.39, 0.29) is 16.4 Å². The molecule has 0 unspecified atom stereocenters. The van der Waals surface area contributed by atoms with Crippen LogP contribution in [0.4, 0.5) is 10.1 Å². The Morgan fingerprint density at radius 3 is 2.35 bits per heavy atom. The predicted octanol–water partition coefficient (Wildman–Crippen LogP) is 4.07. The van der Waals surface area contributed by atoms with Crippen LogP contribution >= 0.6 is 0 Å². The zero-order chi connectivity index (χ0) is 18.4. The fraction of sp³-hybridized carbons (Fsp3) is 0.400. The number of hydrogen-bond acceptors (Lipinski definition) is 4. The number of rotatable bonds is 7. The molecule has 1 saturated heterocycles. The van der Waals surface area contributed by atoms with Crippen LogP contribution in [0.25, 0.3) is 0 Å². The van der Waals surface area contributed by atoms with E-state index >= 15 is 0 Å². The molecule has 0 radical (unpaired) electrons. The largest absolute Gasteiger partial charge is 0.492 e. The Kier molecular flexibility index (Phi) is 6.17. The van der Waals surface area contributed by atoms with E-state index in [1.165, 1.54) is 12.1 Å². The van der Waals surface area contributed by atoms with Crippen molar-refractivity contribution in [1.82, 2.24) is 4.90 Å². The van der Waals surface area contributed by atoms with Gasteiger partial charge in [-0.25, -0.2) is 4.39 Å². The Labute approximate surface area is 152 Å². The van der Waals surface area contributed by atoms with E-state index in [9.17, 15) is 14.5 Å². The Hall–Kier alpha value is -2.47. The quantitative estimate of drug-likeness (QED) is 0.553. The summed E-state index contributed by atoms with van der Waals surface area (Å²) in [6, 6.07) is 13.0. The van der Waals surface area contributed by atoms with Crippen LogP contribution in [0.5, 0.6) is 5.75 Å². The van der Waals surface area contributed by atoms with Crippen LogP contribution in [-0.4, -0.2) is 36.1 Å². The predicted molar refractivity (Wildman–Crippen MR) is 97.9 cm³/mol. The van der Waals surface area contributed by atoms with Crippen LogP contribution in [0.3, 0.4) is 0 Å². The Morgan fingerprint density at radius 2 is 1.73 bits per heavy atom. The van der Waals surface area contributed by atoms with Gasteiger partial charge in [0.15, 0.2) is 0 Å². The molecule has 6 heteroatoms. The fourth-order valence-corrected chi connectivity index (χ4v) is 3.32. The first-order chi connectivity index (χ1) is 12.6. The third kappa shape index (κ3) is 5.26. The smallest absolute Gasteiger partial charge is 0.269 e. The summed E-state index contributed by atoms with van der Waals surface area (Å²) in [4.78, 5) is 12.7. The van der Waals surface area contributed by atoms with E-state index in [0.29, 0.717) is 18.3 Å². The van der Waals surface area contributed by atoms with E-state index < -0.39 is 0 Å². The van der Waals surface area contributed by atoms with Gasteiger partial charge in [0.2, 0.25) is 0 Å². The van der Waals surface area contributed by atoms with Gasteiger partial charge in [0.25, 0.3) is 5.69 Å². The first kappa shape index (κ1) is 18.3. The molecule has 26 heavy (non-hydrogen) atoms. The number of nitrogens with zero attached hydrogens (tertiary/aromatic N) is 2. The van der Waals surface area contributed by atoms with Crippen molar-refractivity contribution < 1.29 is 14.1 Å². The second-order valence-electron chi connectivity index (χ2n) is 6.72. The SMILES string of the molecule is O=[N+]([O-])c1ccc(CC2CCN(CCOc3ccc(F)cc3)CC2)cc1. The van der Waals surface area contributed by atoms with Crippen molar-refractivity contribution in [2.45, 2.75) is 19.3 Å². The summed E-state index contributed by atoms with van der Waals surface area (Å²) in [5, 5.41) is 10.7. The van der Waals surface area contributed by atoms with Gasteiger partial charge in [-0.15, -0.1) is 0 Å². The Bertz CT molecular complexity index is 711. The molecule has 1 aliphatic rings. The van der Waals surface area contributed by atoms with Crippen molar-refractivity contribution in [2.75, 3.05) is 26.2 Å². The highest BCUT2D eigenvalue weighted by atomic mass is 19.1. The van der Waals surface area contributed by atoms with Crippen LogP contribution in [0.1, 0.15) is 18.4 Å². The number of hydrogen-bond donors (Lipinski definition) is 0. The third-order valence-electron chi connectivity index (χ3n) is 4.87. The summed E-state index contributed by atoms with van der Waals surface area (Å²) < 4.78 is 18.5. The highest BCUT2D eigenvalue weighted by Gasteiger charge is 2.19. The van der Waals surface area contributed by atoms with Gasteiger partial charge in [-0.2, -0.15) is 0 Å². The number of benzene rings is 2. The molecule has 0 N–H and O–H groups in total. The molecule has 0 aliphatic carbocycles. The second-order valence-corrected chi connectivity index (χ2v) is 6.72. The van der Waals surface area contributed by atoms with E-state index in [1.54, 1.807) is 24.3 Å². The number of nitro benzene ring substituents is 1. The van der Waals surface area contributed by atoms with Crippen molar-refractivity contribution in [3.63, 3.8) is 0 Å². The molecule has 1 aliphatic heterocycles. The molecule has 0 saturated carbocycles. The van der Waals surface area contributed by atoms with Gasteiger partial charge >= 0.3 is 0 Å². The monoisotopic (exact) mass is 358 g/mol. The van der Waals surface area contributed by atoms with Gasteiger partial charge in [0.1, 0.15) is 18.2 Å². The van der Waals surface area contributed by atoms with E-state index in [4.69, 9.17) is 4.74 Å². The molecule has 0 amide bonds. The normalized spacial score (nSPS) is 15.7. The highest BCUT2D eigenvalue weighted by Crippen LogP contribution is 2.23. The maximum absolute atomic E-state index is 12.9. The zero-order valence-corrected chi connectivity index (χ0v) is 14.6. The summed E-state index contributed by atoms with van der Waals surface area (Å²) in [5.74, 6) is 1.05. The Morgan fingerprint density at radius 1 is 1.08 bits per heavy atom. The number of ether oxygens (including phenoxy) is 1. The number of likely N-dealkylation sites (tertiary alicyclic amines) is 1. The lowest BCUT2D eigenvalue weighted by Gasteiger charge is -2.31. The maximum Gasteiger partial charge on any atom is 0.269 e. The van der Waals surface area contributed by atoms with Crippen molar-refractivity contribution in [3.05, 3.63) is 70.0 Å². The molecule has 0 bridgehead atoms. The molecule has 2 aromatic carbocycles. The number of piperidine rings is 1. The Balaban J connectivity index is 1.37. The van der Waals surface area contributed by atoms with Crippen molar-refractivity contribution in [3.8, 4) is 5.75 Å². The summed E-state index contributed by atoms with van der Waals surface area (Å²) in [5.41, 5.74) is 1.30. The van der Waals surface area contributed by atoms with Crippen molar-refractivity contribution >= 4 is 5.69 Å². The van der Waals surface area contributed by atoms with Crippen LogP contribution in [0.2, 0.25) is 0 Å². The summed E-state index contributed by atoms with van der Waals surface area (Å²) in [7, 11) is 0. The van der Waals surface area contributed by atoms with Crippen LogP contribution in [-0.2, 0) is 6.42 Å². The molecule has 1 fully saturated rings. The molecule has 0 spiro atoms. The third-order valence-corrected chi connectivity index (χ3v) is 4.87. The van der Waals surface area contributed by atoms with Gasteiger partial charge in [-0.3, -0.25) is 15.0 Å². The standard InChI is InChI=1S/C20H23FN2O3/c21-18-3-7-20(8-4-18)26-14-13-22-11-9-17(10-12-22)15-16-1-5-19(6-2-16)23(24)25/h1-8,17H,9-15H2. The van der Waals surface area contributed by atoms with Gasteiger partial charge in [0.05, 0.1) is 4.92 Å². The lowest BCUT2D eigenvalue weighted by Crippen LogP contribution is -2.37. The van der Waals surface area contributed by atoms with Gasteiger partial charge < -0.3 is 4.74 Å². The highest BCUT2D eigenvalue weighted by molar-refractivity contribution is 5.33. The first-order valence-corrected chi connectivity index (χ1v) is 8.94. The lowest BCUT2D eigenvalue weighted by molar-refractivity contribution is -0.384. The number of non-ortho nitro benzene ring substituents is 1. The van der Waals surface area contributed by atoms with Crippen molar-refractivity contribution in [2.24, 2.45) is 5.92 Å². The molecule has 138 valence electrons. The molecular weight excluding hydrogens is 335 g/mol. The molecule has 3 rings (SSSR count). The topological polar surface area (TPSA) is 55.6 Å². The summed E-state index contributed by atoms with van der Waals surface area (Å²) in [6.45, 7) is 3.52. The van der Waals surface area contributed by atoms with Gasteiger partial charge in [-0.05, 0) is 68.1 Å². The molecule has 0 aromatic heterocycles. The summed E-state index contributed by atoms with van der Waals surface area (Å²) >= 11 is 0. The van der Waals surface area contributed by atoms with Crippen LogP contribution in [0.15, 0.2) is 48.5 Å². The minimum absolute atomic E-state index is 0.143. The molecular formula is C20H23FN2O3. The minimum Gasteiger partial charge on any atom is -0.492 e. The molecule has 1 heterocycles. The van der Waals surface area contributed by atoms with Crippen LogP contribution < -0.4 is 4.74 Å². The lowest BCUT2D eigenvalue weighted by atomic mass is 9.90. The number of halogens is 1. The van der Waals surface area contributed by atoms with E-state index in [1.807, 2.05) is 12.1 Å². The zero-order valence-electron chi connectivity index (χ0n) is 14.6. The van der Waals surface area contributed by atoms with Gasteiger partial charge in [-0.1, -0.05) is 12.1 Å². The number of nitro groups is 1. The molecule has 0 atom stereocenters. The summed E-state index contributed by atoms with van der Waals surface area (Å²) in [6.07, 6.45) is 3.21. The fourth-order valence-electron chi connectivity index (χ4n) is 3.32. The second kappa shape index (κ2) is 8.76. The van der Waals surface area contributed by atoms with E-state index in [2.05, 4.69) is 4.90 Å². The average Bonchev–Trinajstić information content (AvgIpc) is 2.65.